The predicted molar refractivity (Wildman–Crippen MR) is 165 cm³/mol. The molecule has 2 heterocycles. The molecule has 2 saturated heterocycles. The normalized spacial score (nSPS) is 19.8. The van der Waals surface area contributed by atoms with Crippen molar-refractivity contribution in [2.45, 2.75) is 133 Å². The van der Waals surface area contributed by atoms with Crippen LogP contribution in [0.2, 0.25) is 0 Å². The minimum atomic E-state index is -0.527. The molecule has 0 aliphatic carbocycles. The molecule has 11 nitrogen and oxygen atoms in total. The third-order valence-electron chi connectivity index (χ3n) is 7.82. The molecule has 2 fully saturated rings. The topological polar surface area (TPSA) is 155 Å². The van der Waals surface area contributed by atoms with Crippen molar-refractivity contribution in [2.75, 3.05) is 26.0 Å². The summed E-state index contributed by atoms with van der Waals surface area (Å²) in [4.78, 5) is 60.0. The second-order valence-corrected chi connectivity index (χ2v) is 12.6. The van der Waals surface area contributed by atoms with Gasteiger partial charge < -0.3 is 31.3 Å². The second kappa shape index (κ2) is 21.2. The van der Waals surface area contributed by atoms with Gasteiger partial charge in [-0.05, 0) is 44.9 Å². The summed E-state index contributed by atoms with van der Waals surface area (Å²) in [7, 11) is 1.38. The molecule has 42 heavy (non-hydrogen) atoms. The number of carbonyl (C=O) groups is 5. The van der Waals surface area contributed by atoms with E-state index < -0.39 is 6.04 Å². The summed E-state index contributed by atoms with van der Waals surface area (Å²) in [6.45, 7) is 3.22. The van der Waals surface area contributed by atoms with Crippen LogP contribution in [0, 0.1) is 0 Å². The highest BCUT2D eigenvalue weighted by molar-refractivity contribution is 8.00. The van der Waals surface area contributed by atoms with Gasteiger partial charge in [-0.1, -0.05) is 45.4 Å². The summed E-state index contributed by atoms with van der Waals surface area (Å²) in [6.07, 6.45) is 12.3. The number of methoxy groups -OCH3 is 1. The Hall–Kier alpha value is -2.50. The van der Waals surface area contributed by atoms with Gasteiger partial charge in [-0.15, -0.1) is 0 Å². The van der Waals surface area contributed by atoms with E-state index in [4.69, 9.17) is 0 Å². The number of thioether (sulfide) groups is 1. The number of hydrogen-bond donors (Lipinski definition) is 5. The SMILES string of the molecule is CCCCCC(NC(=O)CCCCCNC(=O)CCCCC1SC[C@@H]2NC(=O)N[C@H]12)C(=O)NCCCCCC(=O)OC. The van der Waals surface area contributed by atoms with Gasteiger partial charge in [0.25, 0.3) is 0 Å². The van der Waals surface area contributed by atoms with Crippen LogP contribution in [0.25, 0.3) is 0 Å². The van der Waals surface area contributed by atoms with Crippen LogP contribution in [-0.4, -0.2) is 79.0 Å². The summed E-state index contributed by atoms with van der Waals surface area (Å²) in [5, 5.41) is 15.2. The lowest BCUT2D eigenvalue weighted by molar-refractivity contribution is -0.140. The number of hydrogen-bond acceptors (Lipinski definition) is 7. The molecule has 2 aliphatic heterocycles. The highest BCUT2D eigenvalue weighted by Gasteiger charge is 2.42. The first-order chi connectivity index (χ1) is 20.3. The molecule has 12 heteroatoms. The van der Waals surface area contributed by atoms with E-state index in [0.29, 0.717) is 50.4 Å². The van der Waals surface area contributed by atoms with Crippen LogP contribution in [-0.2, 0) is 23.9 Å². The van der Waals surface area contributed by atoms with E-state index in [2.05, 4.69) is 38.2 Å². The Kier molecular flexibility index (Phi) is 18.0. The minimum Gasteiger partial charge on any atom is -0.469 e. The molecule has 2 aliphatic rings. The third kappa shape index (κ3) is 14.6. The van der Waals surface area contributed by atoms with Gasteiger partial charge in [0.1, 0.15) is 6.04 Å². The summed E-state index contributed by atoms with van der Waals surface area (Å²) >= 11 is 1.90. The predicted octanol–water partition coefficient (Wildman–Crippen LogP) is 3.30. The third-order valence-corrected chi connectivity index (χ3v) is 9.32. The summed E-state index contributed by atoms with van der Waals surface area (Å²) in [5.41, 5.74) is 0. The van der Waals surface area contributed by atoms with Gasteiger partial charge in [-0.2, -0.15) is 11.8 Å². The van der Waals surface area contributed by atoms with Crippen LogP contribution >= 0.6 is 11.8 Å². The van der Waals surface area contributed by atoms with E-state index in [1.165, 1.54) is 7.11 Å². The zero-order chi connectivity index (χ0) is 30.6. The molecule has 0 saturated carbocycles. The van der Waals surface area contributed by atoms with Gasteiger partial charge in [0.2, 0.25) is 17.7 Å². The Morgan fingerprint density at radius 3 is 2.29 bits per heavy atom. The van der Waals surface area contributed by atoms with Crippen LogP contribution in [0.15, 0.2) is 0 Å². The number of nitrogens with one attached hydrogen (secondary N) is 5. The van der Waals surface area contributed by atoms with Gasteiger partial charge >= 0.3 is 12.0 Å². The molecular weight excluding hydrogens is 558 g/mol. The zero-order valence-corrected chi connectivity index (χ0v) is 26.4. The van der Waals surface area contributed by atoms with E-state index in [-0.39, 0.29) is 41.8 Å². The number of unbranched alkanes of at least 4 members (excludes halogenated alkanes) is 7. The van der Waals surface area contributed by atoms with Crippen molar-refractivity contribution in [1.29, 1.82) is 0 Å². The van der Waals surface area contributed by atoms with Crippen molar-refractivity contribution in [3.05, 3.63) is 0 Å². The number of ether oxygens (including phenoxy) is 1. The van der Waals surface area contributed by atoms with Crippen LogP contribution in [0.5, 0.6) is 0 Å². The Labute approximate surface area is 255 Å². The number of carbonyl (C=O) groups excluding carboxylic acids is 5. The van der Waals surface area contributed by atoms with E-state index in [1.807, 2.05) is 11.8 Å². The lowest BCUT2D eigenvalue weighted by atomic mass is 10.0. The number of rotatable bonds is 23. The Bertz CT molecular complexity index is 860. The van der Waals surface area contributed by atoms with Gasteiger partial charge in [0, 0.05) is 43.4 Å². The molecule has 240 valence electrons. The monoisotopic (exact) mass is 611 g/mol. The lowest BCUT2D eigenvalue weighted by Gasteiger charge is -2.18. The average molecular weight is 612 g/mol. The second-order valence-electron chi connectivity index (χ2n) is 11.3. The molecule has 5 N–H and O–H groups in total. The molecule has 0 aromatic rings. The first-order valence-electron chi connectivity index (χ1n) is 15.9. The molecule has 0 aromatic carbocycles. The van der Waals surface area contributed by atoms with Gasteiger partial charge in [0.15, 0.2) is 0 Å². The molecule has 2 rings (SSSR count). The molecule has 0 aromatic heterocycles. The van der Waals surface area contributed by atoms with E-state index in [0.717, 1.165) is 76.4 Å². The standard InChI is InChI=1S/C30H53N5O6S/c1-3-4-7-14-22(29(39)32-20-13-6-9-18-27(38)41-2)33-26(37)17-8-5-12-19-31-25(36)16-11-10-15-24-28-23(21-42-24)34-30(40)35-28/h22-24,28H,3-21H2,1-2H3,(H,31,36)(H,32,39)(H,33,37)(H2,34,35,40)/t22?,23-,24?,28-/m0/s1. The van der Waals surface area contributed by atoms with Crippen LogP contribution in [0.1, 0.15) is 110 Å². The lowest BCUT2D eigenvalue weighted by Crippen LogP contribution is -2.46. The first-order valence-corrected chi connectivity index (χ1v) is 17.0. The summed E-state index contributed by atoms with van der Waals surface area (Å²) < 4.78 is 4.63. The van der Waals surface area contributed by atoms with Crippen molar-refractivity contribution < 1.29 is 28.7 Å². The van der Waals surface area contributed by atoms with Crippen LogP contribution in [0.3, 0.4) is 0 Å². The zero-order valence-electron chi connectivity index (χ0n) is 25.6. The Balaban J connectivity index is 1.50. The Morgan fingerprint density at radius 2 is 1.55 bits per heavy atom. The van der Waals surface area contributed by atoms with Crippen LogP contribution in [0.4, 0.5) is 4.79 Å². The maximum Gasteiger partial charge on any atom is 0.315 e. The summed E-state index contributed by atoms with van der Waals surface area (Å²) in [6, 6.07) is -0.146. The number of fused-ring (bicyclic) bond motifs is 1. The number of esters is 1. The van der Waals surface area contributed by atoms with Gasteiger partial charge in [-0.25, -0.2) is 4.79 Å². The molecule has 0 bridgehead atoms. The first kappa shape index (κ1) is 35.7. The molecule has 0 radical (unpaired) electrons. The van der Waals surface area contributed by atoms with Crippen molar-refractivity contribution in [1.82, 2.24) is 26.6 Å². The molecule has 0 spiro atoms. The number of amides is 5. The van der Waals surface area contributed by atoms with Crippen molar-refractivity contribution in [3.8, 4) is 0 Å². The van der Waals surface area contributed by atoms with E-state index in [1.54, 1.807) is 0 Å². The fraction of sp³-hybridized carbons (Fsp3) is 0.833. The molecule has 5 amide bonds. The maximum absolute atomic E-state index is 12.7. The molecule has 4 atom stereocenters. The average Bonchev–Trinajstić information content (AvgIpc) is 3.53. The minimum absolute atomic E-state index is 0.0601. The maximum atomic E-state index is 12.7. The fourth-order valence-electron chi connectivity index (χ4n) is 5.32. The van der Waals surface area contributed by atoms with Crippen molar-refractivity contribution in [3.63, 3.8) is 0 Å². The smallest absolute Gasteiger partial charge is 0.315 e. The Morgan fingerprint density at radius 1 is 0.857 bits per heavy atom. The molecular formula is C30H53N5O6S. The van der Waals surface area contributed by atoms with Gasteiger partial charge in [-0.3, -0.25) is 19.2 Å². The quantitative estimate of drug-likeness (QED) is 0.0675. The van der Waals surface area contributed by atoms with E-state index in [9.17, 15) is 24.0 Å². The summed E-state index contributed by atoms with van der Waals surface area (Å²) in [5.74, 6) is 0.524. The fourth-order valence-corrected chi connectivity index (χ4v) is 6.86. The van der Waals surface area contributed by atoms with Crippen LogP contribution < -0.4 is 26.6 Å². The highest BCUT2D eigenvalue weighted by Crippen LogP contribution is 2.33. The largest absolute Gasteiger partial charge is 0.469 e. The highest BCUT2D eigenvalue weighted by atomic mass is 32.2. The van der Waals surface area contributed by atoms with Crippen molar-refractivity contribution >= 4 is 41.5 Å². The number of urea groups is 1. The van der Waals surface area contributed by atoms with Crippen molar-refractivity contribution in [2.24, 2.45) is 0 Å². The van der Waals surface area contributed by atoms with E-state index >= 15 is 0 Å². The van der Waals surface area contributed by atoms with Gasteiger partial charge in [0.05, 0.1) is 19.2 Å². The molecule has 2 unspecified atom stereocenters.